The van der Waals surface area contributed by atoms with Crippen LogP contribution in [0.1, 0.15) is 17.0 Å². The largest absolute Gasteiger partial charge is 0.337 e. The third-order valence-corrected chi connectivity index (χ3v) is 5.82. The highest BCUT2D eigenvalue weighted by atomic mass is 35.5. The monoisotopic (exact) mass is 436 g/mol. The molecule has 0 radical (unpaired) electrons. The fraction of sp³-hybridized carbons (Fsp3) is 0.238. The van der Waals surface area contributed by atoms with Crippen molar-refractivity contribution in [2.75, 3.05) is 4.90 Å². The van der Waals surface area contributed by atoms with Gasteiger partial charge >= 0.3 is 0 Å². The molecule has 0 bridgehead atoms. The van der Waals surface area contributed by atoms with Crippen LogP contribution in [-0.4, -0.2) is 39.0 Å². The lowest BCUT2D eigenvalue weighted by atomic mass is 10.1. The van der Waals surface area contributed by atoms with Crippen molar-refractivity contribution in [3.63, 3.8) is 0 Å². The molecule has 2 amide bonds. The van der Waals surface area contributed by atoms with E-state index in [-0.39, 0.29) is 18.3 Å². The first-order chi connectivity index (χ1) is 14.9. The van der Waals surface area contributed by atoms with Crippen LogP contribution in [0, 0.1) is 13.8 Å². The molecule has 1 fully saturated rings. The highest BCUT2D eigenvalue weighted by molar-refractivity contribution is 6.33. The quantitative estimate of drug-likeness (QED) is 0.580. The minimum absolute atomic E-state index is 0.0436. The van der Waals surface area contributed by atoms with Gasteiger partial charge in [0.15, 0.2) is 12.1 Å². The van der Waals surface area contributed by atoms with Crippen LogP contribution in [0.3, 0.4) is 0 Å². The third kappa shape index (κ3) is 3.17. The highest BCUT2D eigenvalue weighted by Gasteiger charge is 2.55. The number of halogens is 1. The first-order valence-electron chi connectivity index (χ1n) is 9.64. The van der Waals surface area contributed by atoms with Crippen molar-refractivity contribution in [2.24, 2.45) is 10.3 Å². The molecule has 3 heterocycles. The molecule has 31 heavy (non-hydrogen) atoms. The number of imide groups is 1. The van der Waals surface area contributed by atoms with Crippen molar-refractivity contribution in [1.29, 1.82) is 0 Å². The highest BCUT2D eigenvalue weighted by Crippen LogP contribution is 2.33. The first-order valence-corrected chi connectivity index (χ1v) is 10.0. The first kappa shape index (κ1) is 19.4. The van der Waals surface area contributed by atoms with E-state index in [1.54, 1.807) is 18.2 Å². The van der Waals surface area contributed by atoms with Crippen LogP contribution >= 0.6 is 11.6 Å². The summed E-state index contributed by atoms with van der Waals surface area (Å²) in [6, 6.07) is 10.9. The SMILES string of the molecule is Cc1ccc(N2C(=O)C3N=NN(Cc4nc(-c5ccccc5Cl)no4)C3C2=O)cc1C. The number of hydrogen-bond acceptors (Lipinski definition) is 8. The van der Waals surface area contributed by atoms with E-state index in [0.29, 0.717) is 22.1 Å². The van der Waals surface area contributed by atoms with Gasteiger partial charge in [0.25, 0.3) is 11.8 Å². The molecule has 3 aromatic rings. The Bertz CT molecular complexity index is 1240. The minimum Gasteiger partial charge on any atom is -0.337 e. The zero-order chi connectivity index (χ0) is 21.7. The number of aryl methyl sites for hydroxylation is 2. The minimum atomic E-state index is -0.889. The number of aromatic nitrogens is 2. The van der Waals surface area contributed by atoms with Crippen LogP contribution in [0.25, 0.3) is 11.4 Å². The lowest BCUT2D eigenvalue weighted by Crippen LogP contribution is -2.39. The summed E-state index contributed by atoms with van der Waals surface area (Å²) >= 11 is 6.19. The second-order valence-corrected chi connectivity index (χ2v) is 7.87. The predicted octanol–water partition coefficient (Wildman–Crippen LogP) is 3.50. The number of fused-ring (bicyclic) bond motifs is 1. The molecule has 156 valence electrons. The summed E-state index contributed by atoms with van der Waals surface area (Å²) in [5.74, 6) is -0.209. The van der Waals surface area contributed by atoms with Crippen LogP contribution in [0.15, 0.2) is 57.3 Å². The van der Waals surface area contributed by atoms with Crippen LogP contribution < -0.4 is 4.90 Å². The number of hydrogen-bond donors (Lipinski definition) is 0. The van der Waals surface area contributed by atoms with Gasteiger partial charge in [0, 0.05) is 5.56 Å². The summed E-state index contributed by atoms with van der Waals surface area (Å²) in [5, 5.41) is 13.9. The summed E-state index contributed by atoms with van der Waals surface area (Å²) < 4.78 is 5.31. The number of rotatable bonds is 4. The molecule has 2 unspecified atom stereocenters. The number of carbonyl (C=O) groups is 2. The van der Waals surface area contributed by atoms with Gasteiger partial charge in [-0.2, -0.15) is 10.1 Å². The standard InChI is InChI=1S/C21H17ClN6O3/c1-11-7-8-13(9-12(11)2)28-20(29)17-18(21(28)30)27(26-24-17)10-16-23-19(25-31-16)14-5-3-4-6-15(14)22/h3-9,17-18H,10H2,1-2H3. The van der Waals surface area contributed by atoms with E-state index in [1.807, 2.05) is 38.1 Å². The zero-order valence-corrected chi connectivity index (χ0v) is 17.4. The van der Waals surface area contributed by atoms with Gasteiger partial charge in [0.1, 0.15) is 6.54 Å². The molecule has 5 rings (SSSR count). The molecule has 2 aliphatic rings. The fourth-order valence-corrected chi connectivity index (χ4v) is 3.90. The maximum atomic E-state index is 13.1. The van der Waals surface area contributed by atoms with Crippen molar-refractivity contribution in [3.05, 3.63) is 64.5 Å². The van der Waals surface area contributed by atoms with Crippen LogP contribution in [0.2, 0.25) is 5.02 Å². The van der Waals surface area contributed by atoms with Crippen molar-refractivity contribution < 1.29 is 14.1 Å². The van der Waals surface area contributed by atoms with Gasteiger partial charge in [-0.25, -0.2) is 4.90 Å². The Balaban J connectivity index is 1.38. The molecule has 2 atom stereocenters. The van der Waals surface area contributed by atoms with Gasteiger partial charge in [-0.1, -0.05) is 40.2 Å². The Morgan fingerprint density at radius 3 is 2.65 bits per heavy atom. The second kappa shape index (κ2) is 7.28. The van der Waals surface area contributed by atoms with Gasteiger partial charge in [0.2, 0.25) is 11.7 Å². The fourth-order valence-electron chi connectivity index (χ4n) is 3.68. The lowest BCUT2D eigenvalue weighted by molar-refractivity contribution is -0.123. The number of anilines is 1. The number of carbonyl (C=O) groups excluding carboxylic acids is 2. The second-order valence-electron chi connectivity index (χ2n) is 7.46. The zero-order valence-electron chi connectivity index (χ0n) is 16.7. The Morgan fingerprint density at radius 1 is 1.06 bits per heavy atom. The van der Waals surface area contributed by atoms with E-state index in [1.165, 1.54) is 9.91 Å². The molecule has 0 aliphatic carbocycles. The maximum Gasteiger partial charge on any atom is 0.263 e. The molecule has 2 aromatic carbocycles. The van der Waals surface area contributed by atoms with Gasteiger partial charge in [-0.3, -0.25) is 14.6 Å². The van der Waals surface area contributed by atoms with E-state index in [0.717, 1.165) is 11.1 Å². The Labute approximate surface area is 182 Å². The number of benzene rings is 2. The van der Waals surface area contributed by atoms with Crippen LogP contribution in [-0.2, 0) is 16.1 Å². The molecular weight excluding hydrogens is 420 g/mol. The summed E-state index contributed by atoms with van der Waals surface area (Å²) in [5.41, 5.74) is 3.23. The van der Waals surface area contributed by atoms with Gasteiger partial charge in [-0.15, -0.1) is 0 Å². The molecule has 2 aliphatic heterocycles. The molecular formula is C21H17ClN6O3. The molecule has 0 N–H and O–H groups in total. The Kier molecular flexibility index (Phi) is 4.55. The van der Waals surface area contributed by atoms with E-state index in [4.69, 9.17) is 16.1 Å². The van der Waals surface area contributed by atoms with Gasteiger partial charge in [0.05, 0.1) is 10.7 Å². The van der Waals surface area contributed by atoms with E-state index >= 15 is 0 Å². The molecule has 0 saturated carbocycles. The van der Waals surface area contributed by atoms with Crippen LogP contribution in [0.5, 0.6) is 0 Å². The van der Waals surface area contributed by atoms with E-state index in [2.05, 4.69) is 20.5 Å². The summed E-state index contributed by atoms with van der Waals surface area (Å²) in [6.07, 6.45) is 0. The normalized spacial score (nSPS) is 20.1. The van der Waals surface area contributed by atoms with E-state index < -0.39 is 18.0 Å². The van der Waals surface area contributed by atoms with E-state index in [9.17, 15) is 9.59 Å². The Morgan fingerprint density at radius 2 is 1.87 bits per heavy atom. The summed E-state index contributed by atoms with van der Waals surface area (Å²) in [7, 11) is 0. The van der Waals surface area contributed by atoms with Crippen molar-refractivity contribution >= 4 is 29.1 Å². The lowest BCUT2D eigenvalue weighted by Gasteiger charge is -2.19. The Hall–Kier alpha value is -3.59. The van der Waals surface area contributed by atoms with Crippen molar-refractivity contribution in [3.8, 4) is 11.4 Å². The summed E-state index contributed by atoms with van der Waals surface area (Å²) in [4.78, 5) is 31.5. The van der Waals surface area contributed by atoms with Crippen molar-refractivity contribution in [1.82, 2.24) is 15.1 Å². The smallest absolute Gasteiger partial charge is 0.263 e. The molecule has 0 spiro atoms. The molecule has 10 heteroatoms. The average molecular weight is 437 g/mol. The third-order valence-electron chi connectivity index (χ3n) is 5.49. The topological polar surface area (TPSA) is 104 Å². The molecule has 9 nitrogen and oxygen atoms in total. The molecule has 1 saturated heterocycles. The average Bonchev–Trinajstić information content (AvgIpc) is 3.43. The van der Waals surface area contributed by atoms with Crippen LogP contribution in [0.4, 0.5) is 5.69 Å². The van der Waals surface area contributed by atoms with Crippen molar-refractivity contribution in [2.45, 2.75) is 32.5 Å². The summed E-state index contributed by atoms with van der Waals surface area (Å²) in [6.45, 7) is 3.95. The van der Waals surface area contributed by atoms with Gasteiger partial charge in [-0.05, 0) is 49.2 Å². The van der Waals surface area contributed by atoms with Gasteiger partial charge < -0.3 is 4.52 Å². The maximum absolute atomic E-state index is 13.1. The number of amides is 2. The molecule has 1 aromatic heterocycles. The number of nitrogens with zero attached hydrogens (tertiary/aromatic N) is 6. The predicted molar refractivity (Wildman–Crippen MR) is 111 cm³/mol.